The molecule has 2 N–H and O–H groups in total. The SMILES string of the molecule is CCOc1ccccc1CCNC(=S)Nc1cc(Cl)cc(Cl)c1. The predicted octanol–water partition coefficient (Wildman–Crippen LogP) is 4.92. The molecule has 0 bridgehead atoms. The number of benzene rings is 2. The number of thiocarbonyl (C=S) groups is 1. The van der Waals surface area contributed by atoms with Gasteiger partial charge in [-0.2, -0.15) is 0 Å². The van der Waals surface area contributed by atoms with Crippen molar-refractivity contribution in [3.8, 4) is 5.75 Å². The van der Waals surface area contributed by atoms with Crippen LogP contribution in [-0.4, -0.2) is 18.3 Å². The summed E-state index contributed by atoms with van der Waals surface area (Å²) in [5.74, 6) is 0.914. The minimum atomic E-state index is 0.525. The van der Waals surface area contributed by atoms with Crippen molar-refractivity contribution >= 4 is 46.2 Å². The van der Waals surface area contributed by atoms with Crippen molar-refractivity contribution in [1.82, 2.24) is 5.32 Å². The third kappa shape index (κ3) is 5.90. The average Bonchev–Trinajstić information content (AvgIpc) is 2.48. The third-order valence-electron chi connectivity index (χ3n) is 3.07. The fraction of sp³-hybridized carbons (Fsp3) is 0.235. The van der Waals surface area contributed by atoms with Crippen LogP contribution in [0.4, 0.5) is 5.69 Å². The van der Waals surface area contributed by atoms with Gasteiger partial charge < -0.3 is 15.4 Å². The van der Waals surface area contributed by atoms with E-state index in [-0.39, 0.29) is 0 Å². The quantitative estimate of drug-likeness (QED) is 0.708. The Morgan fingerprint density at radius 2 is 1.83 bits per heavy atom. The molecular formula is C17H18Cl2N2OS. The lowest BCUT2D eigenvalue weighted by atomic mass is 10.1. The van der Waals surface area contributed by atoms with Gasteiger partial charge in [0, 0.05) is 22.3 Å². The minimum Gasteiger partial charge on any atom is -0.494 e. The van der Waals surface area contributed by atoms with E-state index in [0.717, 1.165) is 23.4 Å². The normalized spacial score (nSPS) is 10.2. The van der Waals surface area contributed by atoms with Gasteiger partial charge in [0.15, 0.2) is 5.11 Å². The Bertz CT molecular complexity index is 659. The van der Waals surface area contributed by atoms with Gasteiger partial charge in [0.1, 0.15) is 5.75 Å². The lowest BCUT2D eigenvalue weighted by Crippen LogP contribution is -2.30. The standard InChI is InChI=1S/C17H18Cl2N2OS/c1-2-22-16-6-4-3-5-12(16)7-8-20-17(23)21-15-10-13(18)9-14(19)11-15/h3-6,9-11H,2,7-8H2,1H3,(H2,20,21,23). The lowest BCUT2D eigenvalue weighted by Gasteiger charge is -2.13. The molecule has 2 aromatic carbocycles. The van der Waals surface area contributed by atoms with Crippen LogP contribution in [0.2, 0.25) is 10.0 Å². The van der Waals surface area contributed by atoms with E-state index in [9.17, 15) is 0 Å². The first-order valence-electron chi connectivity index (χ1n) is 7.30. The van der Waals surface area contributed by atoms with Gasteiger partial charge in [0.25, 0.3) is 0 Å². The Balaban J connectivity index is 1.85. The summed E-state index contributed by atoms with van der Waals surface area (Å²) in [6.45, 7) is 3.33. The largest absolute Gasteiger partial charge is 0.494 e. The summed E-state index contributed by atoms with van der Waals surface area (Å²) in [6, 6.07) is 13.2. The van der Waals surface area contributed by atoms with Crippen LogP contribution in [0.25, 0.3) is 0 Å². The maximum absolute atomic E-state index is 5.96. The molecule has 2 aromatic rings. The van der Waals surface area contributed by atoms with E-state index in [1.165, 1.54) is 0 Å². The van der Waals surface area contributed by atoms with Crippen LogP contribution in [0, 0.1) is 0 Å². The van der Waals surface area contributed by atoms with Gasteiger partial charge in [-0.15, -0.1) is 0 Å². The number of rotatable bonds is 6. The Hall–Kier alpha value is -1.49. The van der Waals surface area contributed by atoms with Gasteiger partial charge in [0.05, 0.1) is 6.61 Å². The summed E-state index contributed by atoms with van der Waals surface area (Å²) in [5.41, 5.74) is 1.91. The molecule has 0 aliphatic carbocycles. The fourth-order valence-electron chi connectivity index (χ4n) is 2.12. The number of hydrogen-bond acceptors (Lipinski definition) is 2. The minimum absolute atomic E-state index is 0.525. The van der Waals surface area contributed by atoms with Gasteiger partial charge >= 0.3 is 0 Å². The summed E-state index contributed by atoms with van der Waals surface area (Å²) in [4.78, 5) is 0. The number of hydrogen-bond donors (Lipinski definition) is 2. The molecule has 0 heterocycles. The number of para-hydroxylation sites is 1. The monoisotopic (exact) mass is 368 g/mol. The van der Waals surface area contributed by atoms with Crippen molar-refractivity contribution in [1.29, 1.82) is 0 Å². The molecule has 122 valence electrons. The topological polar surface area (TPSA) is 33.3 Å². The highest BCUT2D eigenvalue weighted by Crippen LogP contribution is 2.22. The summed E-state index contributed by atoms with van der Waals surface area (Å²) in [5, 5.41) is 7.89. The van der Waals surface area contributed by atoms with Crippen LogP contribution in [0.15, 0.2) is 42.5 Å². The van der Waals surface area contributed by atoms with Crippen molar-refractivity contribution < 1.29 is 4.74 Å². The molecule has 0 saturated heterocycles. The maximum atomic E-state index is 5.96. The van der Waals surface area contributed by atoms with Crippen LogP contribution >= 0.6 is 35.4 Å². The van der Waals surface area contributed by atoms with Gasteiger partial charge in [-0.05, 0) is 55.4 Å². The first-order chi connectivity index (χ1) is 11.1. The van der Waals surface area contributed by atoms with Crippen LogP contribution < -0.4 is 15.4 Å². The highest BCUT2D eigenvalue weighted by molar-refractivity contribution is 7.80. The molecule has 0 saturated carbocycles. The first kappa shape index (κ1) is 17.9. The molecule has 0 radical (unpaired) electrons. The second kappa shape index (κ2) is 8.96. The molecule has 0 spiro atoms. The van der Waals surface area contributed by atoms with Crippen LogP contribution in [0.5, 0.6) is 5.75 Å². The van der Waals surface area contributed by atoms with Crippen molar-refractivity contribution in [2.24, 2.45) is 0 Å². The molecule has 0 aliphatic rings. The molecule has 0 aliphatic heterocycles. The molecule has 0 aromatic heterocycles. The van der Waals surface area contributed by atoms with E-state index in [4.69, 9.17) is 40.2 Å². The molecular weight excluding hydrogens is 351 g/mol. The molecule has 3 nitrogen and oxygen atoms in total. The predicted molar refractivity (Wildman–Crippen MR) is 102 cm³/mol. The Kier molecular flexibility index (Phi) is 6.96. The molecule has 6 heteroatoms. The van der Waals surface area contributed by atoms with E-state index in [2.05, 4.69) is 16.7 Å². The van der Waals surface area contributed by atoms with Crippen LogP contribution in [-0.2, 0) is 6.42 Å². The van der Waals surface area contributed by atoms with Crippen LogP contribution in [0.1, 0.15) is 12.5 Å². The molecule has 2 rings (SSSR count). The van der Waals surface area contributed by atoms with Crippen molar-refractivity contribution in [2.45, 2.75) is 13.3 Å². The Morgan fingerprint density at radius 1 is 1.13 bits per heavy atom. The number of halogens is 2. The Morgan fingerprint density at radius 3 is 2.52 bits per heavy atom. The fourth-order valence-corrected chi connectivity index (χ4v) is 2.86. The van der Waals surface area contributed by atoms with Gasteiger partial charge in [-0.3, -0.25) is 0 Å². The molecule has 0 atom stereocenters. The van der Waals surface area contributed by atoms with Gasteiger partial charge in [-0.1, -0.05) is 41.4 Å². The second-order valence-electron chi connectivity index (χ2n) is 4.83. The molecule has 0 amide bonds. The Labute approximate surface area is 151 Å². The maximum Gasteiger partial charge on any atom is 0.170 e. The highest BCUT2D eigenvalue weighted by Gasteiger charge is 2.04. The summed E-state index contributed by atoms with van der Waals surface area (Å²) in [7, 11) is 0. The smallest absolute Gasteiger partial charge is 0.170 e. The van der Waals surface area contributed by atoms with E-state index < -0.39 is 0 Å². The number of anilines is 1. The molecule has 23 heavy (non-hydrogen) atoms. The third-order valence-corrected chi connectivity index (χ3v) is 3.76. The van der Waals surface area contributed by atoms with E-state index in [1.54, 1.807) is 18.2 Å². The lowest BCUT2D eigenvalue weighted by molar-refractivity contribution is 0.336. The second-order valence-corrected chi connectivity index (χ2v) is 6.11. The van der Waals surface area contributed by atoms with Gasteiger partial charge in [0.2, 0.25) is 0 Å². The highest BCUT2D eigenvalue weighted by atomic mass is 35.5. The first-order valence-corrected chi connectivity index (χ1v) is 8.46. The van der Waals surface area contributed by atoms with Crippen molar-refractivity contribution in [2.75, 3.05) is 18.5 Å². The van der Waals surface area contributed by atoms with Crippen LogP contribution in [0.3, 0.4) is 0 Å². The van der Waals surface area contributed by atoms with E-state index >= 15 is 0 Å². The molecule has 0 unspecified atom stereocenters. The average molecular weight is 369 g/mol. The number of ether oxygens (including phenoxy) is 1. The van der Waals surface area contributed by atoms with E-state index in [0.29, 0.717) is 28.3 Å². The summed E-state index contributed by atoms with van der Waals surface area (Å²) in [6.07, 6.45) is 0.814. The number of nitrogens with one attached hydrogen (secondary N) is 2. The zero-order chi connectivity index (χ0) is 16.7. The van der Waals surface area contributed by atoms with Crippen molar-refractivity contribution in [3.05, 3.63) is 58.1 Å². The zero-order valence-electron chi connectivity index (χ0n) is 12.7. The molecule has 0 fully saturated rings. The van der Waals surface area contributed by atoms with E-state index in [1.807, 2.05) is 25.1 Å². The van der Waals surface area contributed by atoms with Crippen molar-refractivity contribution in [3.63, 3.8) is 0 Å². The zero-order valence-corrected chi connectivity index (χ0v) is 15.1. The van der Waals surface area contributed by atoms with Gasteiger partial charge in [-0.25, -0.2) is 0 Å². The summed E-state index contributed by atoms with van der Waals surface area (Å²) < 4.78 is 5.61. The summed E-state index contributed by atoms with van der Waals surface area (Å²) >= 11 is 17.2.